The predicted octanol–water partition coefficient (Wildman–Crippen LogP) is 1.90. The molecule has 0 aliphatic carbocycles. The lowest BCUT2D eigenvalue weighted by molar-refractivity contribution is -0.116. The van der Waals surface area contributed by atoms with Crippen molar-refractivity contribution in [2.24, 2.45) is 11.8 Å². The molecule has 1 amide bonds. The number of hydrogen-bond acceptors (Lipinski definition) is 8. The highest BCUT2D eigenvalue weighted by Gasteiger charge is 2.26. The molecule has 10 heteroatoms. The van der Waals surface area contributed by atoms with Gasteiger partial charge in [-0.05, 0) is 68.1 Å². The number of rotatable bonds is 21. The van der Waals surface area contributed by atoms with Crippen molar-refractivity contribution >= 4 is 5.91 Å². The minimum Gasteiger partial charge on any atom is -0.497 e. The third-order valence-corrected chi connectivity index (χ3v) is 6.27. The summed E-state index contributed by atoms with van der Waals surface area (Å²) in [6, 6.07) is 4.98. The van der Waals surface area contributed by atoms with Gasteiger partial charge in [0.15, 0.2) is 0 Å². The van der Waals surface area contributed by atoms with E-state index in [-0.39, 0.29) is 11.7 Å². The number of halogens is 1. The van der Waals surface area contributed by atoms with Crippen molar-refractivity contribution in [3.8, 4) is 5.75 Å². The van der Waals surface area contributed by atoms with Gasteiger partial charge in [-0.3, -0.25) is 4.79 Å². The number of ether oxygens (including phenoxy) is 5. The number of methoxy groups -OCH3 is 1. The third-order valence-electron chi connectivity index (χ3n) is 6.27. The second-order valence-corrected chi connectivity index (χ2v) is 9.50. The van der Waals surface area contributed by atoms with Gasteiger partial charge in [-0.15, -0.1) is 0 Å². The molecule has 0 aromatic heterocycles. The highest BCUT2D eigenvalue weighted by molar-refractivity contribution is 5.86. The Morgan fingerprint density at radius 2 is 1.61 bits per heavy atom. The molecule has 2 atom stereocenters. The number of amides is 1. The Morgan fingerprint density at radius 1 is 1.00 bits per heavy atom. The number of carbonyl (C=O) groups is 1. The monoisotopic (exact) mass is 539 g/mol. The average Bonchev–Trinajstić information content (AvgIpc) is 2.91. The molecule has 1 heterocycles. The molecule has 0 spiro atoms. The minimum atomic E-state index is -0.204. The van der Waals surface area contributed by atoms with Gasteiger partial charge in [0.05, 0.1) is 60.0 Å². The van der Waals surface area contributed by atoms with Crippen LogP contribution in [0.4, 0.5) is 4.39 Å². The van der Waals surface area contributed by atoms with Crippen molar-refractivity contribution in [2.75, 3.05) is 99.7 Å². The first kappa shape index (κ1) is 32.1. The largest absolute Gasteiger partial charge is 0.497 e. The number of benzene rings is 1. The van der Waals surface area contributed by atoms with Gasteiger partial charge < -0.3 is 39.2 Å². The molecule has 0 bridgehead atoms. The standard InChI is InChI=1S/C28H46FN3O6/c1-4-28(33)31-8-10-36-12-14-38-16-15-37-13-11-35-9-7-30-20-24-17-23(21-32(2)22-24)18-25-19-26(34-3)5-6-27(25)29/h4-6,19,23-24,30H,1,7-18,20-22H2,2-3H3,(H,31,33)/t23-,24+/m0/s1. The minimum absolute atomic E-state index is 0.156. The molecule has 1 aliphatic rings. The van der Waals surface area contributed by atoms with Crippen LogP contribution >= 0.6 is 0 Å². The molecule has 2 N–H and O–H groups in total. The summed E-state index contributed by atoms with van der Waals surface area (Å²) in [5, 5.41) is 6.13. The van der Waals surface area contributed by atoms with E-state index >= 15 is 0 Å². The van der Waals surface area contributed by atoms with E-state index in [1.54, 1.807) is 13.2 Å². The van der Waals surface area contributed by atoms with Gasteiger partial charge in [0.25, 0.3) is 0 Å². The van der Waals surface area contributed by atoms with Crippen LogP contribution in [0, 0.1) is 17.7 Å². The van der Waals surface area contributed by atoms with E-state index < -0.39 is 0 Å². The summed E-state index contributed by atoms with van der Waals surface area (Å²) in [5.74, 6) is 1.29. The lowest BCUT2D eigenvalue weighted by Crippen LogP contribution is -2.42. The zero-order chi connectivity index (χ0) is 27.4. The van der Waals surface area contributed by atoms with Crippen LogP contribution in [0.25, 0.3) is 0 Å². The zero-order valence-electron chi connectivity index (χ0n) is 23.1. The molecular formula is C28H46FN3O6. The van der Waals surface area contributed by atoms with Crippen molar-refractivity contribution in [2.45, 2.75) is 12.8 Å². The fourth-order valence-electron chi connectivity index (χ4n) is 4.55. The zero-order valence-corrected chi connectivity index (χ0v) is 23.1. The number of carbonyl (C=O) groups excluding carboxylic acids is 1. The van der Waals surface area contributed by atoms with Gasteiger partial charge in [-0.25, -0.2) is 4.39 Å². The fraction of sp³-hybridized carbons (Fsp3) is 0.679. The van der Waals surface area contributed by atoms with Crippen LogP contribution in [0.5, 0.6) is 5.75 Å². The number of nitrogens with zero attached hydrogens (tertiary/aromatic N) is 1. The van der Waals surface area contributed by atoms with Crippen molar-refractivity contribution in [1.82, 2.24) is 15.5 Å². The van der Waals surface area contributed by atoms with Crippen molar-refractivity contribution in [1.29, 1.82) is 0 Å². The predicted molar refractivity (Wildman–Crippen MR) is 145 cm³/mol. The van der Waals surface area contributed by atoms with Gasteiger partial charge in [0, 0.05) is 26.2 Å². The van der Waals surface area contributed by atoms with Gasteiger partial charge in [-0.1, -0.05) is 6.58 Å². The van der Waals surface area contributed by atoms with E-state index in [4.69, 9.17) is 23.7 Å². The molecule has 38 heavy (non-hydrogen) atoms. The number of hydrogen-bond donors (Lipinski definition) is 2. The van der Waals surface area contributed by atoms with E-state index in [2.05, 4.69) is 29.2 Å². The average molecular weight is 540 g/mol. The fourth-order valence-corrected chi connectivity index (χ4v) is 4.55. The summed E-state index contributed by atoms with van der Waals surface area (Å²) in [6.45, 7) is 11.7. The Kier molecular flexibility index (Phi) is 16.8. The molecule has 216 valence electrons. The van der Waals surface area contributed by atoms with Crippen LogP contribution in [0.15, 0.2) is 30.9 Å². The normalized spacial score (nSPS) is 17.9. The Hall–Kier alpha value is -2.08. The number of piperidine rings is 1. The second-order valence-electron chi connectivity index (χ2n) is 9.50. The molecule has 0 unspecified atom stereocenters. The maximum Gasteiger partial charge on any atom is 0.243 e. The van der Waals surface area contributed by atoms with Gasteiger partial charge in [0.2, 0.25) is 5.91 Å². The van der Waals surface area contributed by atoms with Crippen LogP contribution in [0.2, 0.25) is 0 Å². The number of nitrogens with one attached hydrogen (secondary N) is 2. The van der Waals surface area contributed by atoms with Gasteiger partial charge >= 0.3 is 0 Å². The summed E-state index contributed by atoms with van der Waals surface area (Å²) in [6.07, 6.45) is 3.03. The lowest BCUT2D eigenvalue weighted by atomic mass is 9.85. The molecule has 1 aliphatic heterocycles. The summed E-state index contributed by atoms with van der Waals surface area (Å²) >= 11 is 0. The Bertz CT molecular complexity index is 800. The van der Waals surface area contributed by atoms with E-state index in [0.29, 0.717) is 77.0 Å². The van der Waals surface area contributed by atoms with Crippen molar-refractivity contribution in [3.05, 3.63) is 42.2 Å². The molecule has 2 rings (SSSR count). The van der Waals surface area contributed by atoms with Crippen LogP contribution in [-0.2, 0) is 30.2 Å². The van der Waals surface area contributed by atoms with Crippen molar-refractivity contribution in [3.63, 3.8) is 0 Å². The number of likely N-dealkylation sites (tertiary alicyclic amines) is 1. The van der Waals surface area contributed by atoms with Gasteiger partial charge in [0.1, 0.15) is 11.6 Å². The first-order valence-corrected chi connectivity index (χ1v) is 13.4. The topological polar surface area (TPSA) is 90.5 Å². The third kappa shape index (κ3) is 14.2. The summed E-state index contributed by atoms with van der Waals surface area (Å²) in [5.41, 5.74) is 0.732. The quantitative estimate of drug-likeness (QED) is 0.181. The SMILES string of the molecule is C=CC(=O)NCCOCCOCCOCCOCCNC[C@H]1C[C@@H](Cc2cc(OC)ccc2F)CN(C)C1. The van der Waals surface area contributed by atoms with E-state index in [1.807, 2.05) is 6.07 Å². The maximum atomic E-state index is 14.3. The van der Waals surface area contributed by atoms with E-state index in [0.717, 1.165) is 44.6 Å². The maximum absolute atomic E-state index is 14.3. The van der Waals surface area contributed by atoms with Crippen LogP contribution < -0.4 is 15.4 Å². The van der Waals surface area contributed by atoms with Crippen LogP contribution in [-0.4, -0.2) is 111 Å². The first-order valence-electron chi connectivity index (χ1n) is 13.4. The smallest absolute Gasteiger partial charge is 0.243 e. The van der Waals surface area contributed by atoms with Crippen LogP contribution in [0.3, 0.4) is 0 Å². The molecule has 1 fully saturated rings. The Balaban J connectivity index is 1.41. The highest BCUT2D eigenvalue weighted by Crippen LogP contribution is 2.26. The highest BCUT2D eigenvalue weighted by atomic mass is 19.1. The molecule has 0 saturated carbocycles. The molecule has 0 radical (unpaired) electrons. The molecule has 1 aromatic carbocycles. The van der Waals surface area contributed by atoms with E-state index in [1.165, 1.54) is 12.1 Å². The molecule has 1 saturated heterocycles. The lowest BCUT2D eigenvalue weighted by Gasteiger charge is -2.36. The molecule has 1 aromatic rings. The van der Waals surface area contributed by atoms with Crippen molar-refractivity contribution < 1.29 is 32.9 Å². The van der Waals surface area contributed by atoms with Crippen LogP contribution in [0.1, 0.15) is 12.0 Å². The Labute approximate surface area is 227 Å². The summed E-state index contributed by atoms with van der Waals surface area (Å²) < 4.78 is 41.5. The first-order chi connectivity index (χ1) is 18.5. The Morgan fingerprint density at radius 3 is 2.24 bits per heavy atom. The summed E-state index contributed by atoms with van der Waals surface area (Å²) in [4.78, 5) is 13.3. The molecular weight excluding hydrogens is 493 g/mol. The molecule has 9 nitrogen and oxygen atoms in total. The van der Waals surface area contributed by atoms with E-state index in [9.17, 15) is 9.18 Å². The van der Waals surface area contributed by atoms with Gasteiger partial charge in [-0.2, -0.15) is 0 Å². The summed E-state index contributed by atoms with van der Waals surface area (Å²) in [7, 11) is 3.75. The second kappa shape index (κ2) is 19.9.